The predicted octanol–water partition coefficient (Wildman–Crippen LogP) is 2.63. The number of anilines is 1. The van der Waals surface area contributed by atoms with Crippen molar-refractivity contribution in [3.05, 3.63) is 24.3 Å². The van der Waals surface area contributed by atoms with Crippen molar-refractivity contribution < 1.29 is 8.42 Å². The summed E-state index contributed by atoms with van der Waals surface area (Å²) in [6.07, 6.45) is 5.85. The molecule has 112 valence electrons. The van der Waals surface area contributed by atoms with Gasteiger partial charge in [0.05, 0.1) is 4.90 Å². The standard InChI is InChI=1S/C14H22N2O2S2/c1-16(2)20(17,18)12-9-7-11(8-10-12)15-13-5-4-6-14(13)19-3/h7-10,13-15H,4-6H2,1-3H3. The zero-order valence-corrected chi connectivity index (χ0v) is 13.8. The van der Waals surface area contributed by atoms with Gasteiger partial charge in [-0.05, 0) is 43.4 Å². The van der Waals surface area contributed by atoms with Crippen LogP contribution < -0.4 is 5.32 Å². The van der Waals surface area contributed by atoms with E-state index >= 15 is 0 Å². The summed E-state index contributed by atoms with van der Waals surface area (Å²) in [7, 11) is -0.245. The molecule has 0 aromatic heterocycles. The van der Waals surface area contributed by atoms with Crippen LogP contribution in [-0.4, -0.2) is 44.4 Å². The van der Waals surface area contributed by atoms with Crippen LogP contribution in [-0.2, 0) is 10.0 Å². The third-order valence-corrected chi connectivity index (χ3v) is 6.74. The lowest BCUT2D eigenvalue weighted by atomic mass is 10.2. The number of hydrogen-bond donors (Lipinski definition) is 1. The van der Waals surface area contributed by atoms with Gasteiger partial charge >= 0.3 is 0 Å². The number of hydrogen-bond acceptors (Lipinski definition) is 4. The summed E-state index contributed by atoms with van der Waals surface area (Å²) in [4.78, 5) is 0.334. The van der Waals surface area contributed by atoms with Crippen LogP contribution in [0.1, 0.15) is 19.3 Å². The maximum Gasteiger partial charge on any atom is 0.242 e. The van der Waals surface area contributed by atoms with Gasteiger partial charge in [-0.15, -0.1) is 0 Å². The van der Waals surface area contributed by atoms with Crippen molar-refractivity contribution in [2.24, 2.45) is 0 Å². The Morgan fingerprint density at radius 2 is 1.85 bits per heavy atom. The molecule has 1 aromatic carbocycles. The van der Waals surface area contributed by atoms with Gasteiger partial charge in [0.2, 0.25) is 10.0 Å². The Morgan fingerprint density at radius 3 is 2.40 bits per heavy atom. The van der Waals surface area contributed by atoms with Crippen molar-refractivity contribution in [2.75, 3.05) is 25.7 Å². The van der Waals surface area contributed by atoms with Crippen LogP contribution in [0.5, 0.6) is 0 Å². The van der Waals surface area contributed by atoms with Crippen LogP contribution in [0, 0.1) is 0 Å². The summed E-state index contributed by atoms with van der Waals surface area (Å²) in [6, 6.07) is 7.53. The van der Waals surface area contributed by atoms with Gasteiger partial charge in [-0.3, -0.25) is 0 Å². The molecule has 1 N–H and O–H groups in total. The maximum absolute atomic E-state index is 12.0. The average molecular weight is 314 g/mol. The fraction of sp³-hybridized carbons (Fsp3) is 0.571. The average Bonchev–Trinajstić information content (AvgIpc) is 2.86. The molecule has 0 saturated heterocycles. The first kappa shape index (κ1) is 15.7. The third kappa shape index (κ3) is 3.30. The molecule has 6 heteroatoms. The molecule has 4 nitrogen and oxygen atoms in total. The summed E-state index contributed by atoms with van der Waals surface area (Å²) in [5, 5.41) is 4.17. The van der Waals surface area contributed by atoms with Gasteiger partial charge < -0.3 is 5.32 Å². The predicted molar refractivity (Wildman–Crippen MR) is 85.9 cm³/mol. The Hall–Kier alpha value is -0.720. The molecule has 0 heterocycles. The second kappa shape index (κ2) is 6.37. The van der Waals surface area contributed by atoms with Gasteiger partial charge in [-0.2, -0.15) is 11.8 Å². The molecule has 0 spiro atoms. The van der Waals surface area contributed by atoms with Crippen LogP contribution in [0.25, 0.3) is 0 Å². The maximum atomic E-state index is 12.0. The Morgan fingerprint density at radius 1 is 1.20 bits per heavy atom. The van der Waals surface area contributed by atoms with E-state index in [1.807, 2.05) is 23.9 Å². The molecule has 1 saturated carbocycles. The lowest BCUT2D eigenvalue weighted by Gasteiger charge is -2.20. The van der Waals surface area contributed by atoms with Crippen LogP contribution in [0.3, 0.4) is 0 Å². The van der Waals surface area contributed by atoms with E-state index < -0.39 is 10.0 Å². The smallest absolute Gasteiger partial charge is 0.242 e. The molecular formula is C14H22N2O2S2. The second-order valence-corrected chi connectivity index (χ2v) is 8.50. The van der Waals surface area contributed by atoms with Crippen LogP contribution >= 0.6 is 11.8 Å². The van der Waals surface area contributed by atoms with E-state index in [0.717, 1.165) is 5.69 Å². The zero-order valence-electron chi connectivity index (χ0n) is 12.2. The number of thioether (sulfide) groups is 1. The largest absolute Gasteiger partial charge is 0.381 e. The topological polar surface area (TPSA) is 49.4 Å². The van der Waals surface area contributed by atoms with Gasteiger partial charge in [0.1, 0.15) is 0 Å². The fourth-order valence-corrected chi connectivity index (χ4v) is 4.36. The van der Waals surface area contributed by atoms with E-state index in [1.165, 1.54) is 23.6 Å². The molecule has 0 bridgehead atoms. The molecule has 1 aromatic rings. The number of sulfonamides is 1. The van der Waals surface area contributed by atoms with Gasteiger partial charge in [-0.1, -0.05) is 6.42 Å². The Labute approximate surface area is 126 Å². The third-order valence-electron chi connectivity index (χ3n) is 3.74. The van der Waals surface area contributed by atoms with Gasteiger partial charge in [0, 0.05) is 31.1 Å². The van der Waals surface area contributed by atoms with Crippen LogP contribution in [0.15, 0.2) is 29.2 Å². The van der Waals surface area contributed by atoms with E-state index in [1.54, 1.807) is 26.2 Å². The molecular weight excluding hydrogens is 292 g/mol. The first-order chi connectivity index (χ1) is 9.45. The Balaban J connectivity index is 2.09. The lowest BCUT2D eigenvalue weighted by molar-refractivity contribution is 0.521. The van der Waals surface area contributed by atoms with E-state index in [0.29, 0.717) is 16.2 Å². The molecule has 0 aliphatic heterocycles. The van der Waals surface area contributed by atoms with Crippen molar-refractivity contribution in [1.29, 1.82) is 0 Å². The quantitative estimate of drug-likeness (QED) is 0.908. The number of benzene rings is 1. The second-order valence-electron chi connectivity index (χ2n) is 5.27. The highest BCUT2D eigenvalue weighted by atomic mass is 32.2. The van der Waals surface area contributed by atoms with E-state index in [-0.39, 0.29) is 0 Å². The number of nitrogens with one attached hydrogen (secondary N) is 1. The summed E-state index contributed by atoms with van der Waals surface area (Å²) in [5.41, 5.74) is 0.994. The van der Waals surface area contributed by atoms with Gasteiger partial charge in [0.25, 0.3) is 0 Å². The minimum absolute atomic E-state index is 0.334. The molecule has 1 fully saturated rings. The molecule has 1 aliphatic carbocycles. The molecule has 0 amide bonds. The summed E-state index contributed by atoms with van der Waals surface area (Å²) >= 11 is 1.91. The number of rotatable bonds is 5. The van der Waals surface area contributed by atoms with Crippen molar-refractivity contribution in [3.63, 3.8) is 0 Å². The Kier molecular flexibility index (Phi) is 4.99. The highest BCUT2D eigenvalue weighted by Gasteiger charge is 2.26. The zero-order chi connectivity index (χ0) is 14.8. The molecule has 0 radical (unpaired) electrons. The normalized spacial score (nSPS) is 23.2. The van der Waals surface area contributed by atoms with E-state index in [4.69, 9.17) is 0 Å². The molecule has 2 unspecified atom stereocenters. The minimum atomic E-state index is -3.33. The monoisotopic (exact) mass is 314 g/mol. The van der Waals surface area contributed by atoms with E-state index in [9.17, 15) is 8.42 Å². The highest BCUT2D eigenvalue weighted by molar-refractivity contribution is 7.99. The molecule has 2 rings (SSSR count). The van der Waals surface area contributed by atoms with Crippen LogP contribution in [0.2, 0.25) is 0 Å². The lowest BCUT2D eigenvalue weighted by Crippen LogP contribution is -2.26. The van der Waals surface area contributed by atoms with Crippen molar-refractivity contribution in [3.8, 4) is 0 Å². The molecule has 20 heavy (non-hydrogen) atoms. The fourth-order valence-electron chi connectivity index (χ4n) is 2.52. The van der Waals surface area contributed by atoms with Crippen LogP contribution in [0.4, 0.5) is 5.69 Å². The summed E-state index contributed by atoms with van der Waals surface area (Å²) < 4.78 is 25.2. The SMILES string of the molecule is CSC1CCCC1Nc1ccc(S(=O)(=O)N(C)C)cc1. The minimum Gasteiger partial charge on any atom is -0.381 e. The molecule has 1 aliphatic rings. The van der Waals surface area contributed by atoms with Crippen molar-refractivity contribution >= 4 is 27.5 Å². The molecule has 2 atom stereocenters. The Bertz CT molecular complexity index is 541. The summed E-state index contributed by atoms with van der Waals surface area (Å²) in [6.45, 7) is 0. The number of nitrogens with zero attached hydrogens (tertiary/aromatic N) is 1. The summed E-state index contributed by atoms with van der Waals surface area (Å²) in [5.74, 6) is 0. The first-order valence-electron chi connectivity index (χ1n) is 6.77. The van der Waals surface area contributed by atoms with Gasteiger partial charge in [-0.25, -0.2) is 12.7 Å². The first-order valence-corrected chi connectivity index (χ1v) is 9.50. The van der Waals surface area contributed by atoms with E-state index in [2.05, 4.69) is 11.6 Å². The van der Waals surface area contributed by atoms with Gasteiger partial charge in [0.15, 0.2) is 0 Å². The van der Waals surface area contributed by atoms with Crippen molar-refractivity contribution in [2.45, 2.75) is 35.4 Å². The van der Waals surface area contributed by atoms with Crippen molar-refractivity contribution in [1.82, 2.24) is 4.31 Å². The highest BCUT2D eigenvalue weighted by Crippen LogP contribution is 2.31.